The Bertz CT molecular complexity index is 516. The third kappa shape index (κ3) is 3.83. The van der Waals surface area contributed by atoms with Gasteiger partial charge in [0.1, 0.15) is 5.82 Å². The zero-order valence-electron chi connectivity index (χ0n) is 14.2. The number of aromatic nitrogens is 1. The number of rotatable bonds is 3. The molecule has 2 aliphatic rings. The van der Waals surface area contributed by atoms with Crippen LogP contribution in [0.2, 0.25) is 0 Å². The fourth-order valence-electron chi connectivity index (χ4n) is 3.74. The van der Waals surface area contributed by atoms with Crippen molar-refractivity contribution in [3.63, 3.8) is 0 Å². The summed E-state index contributed by atoms with van der Waals surface area (Å²) >= 11 is 0. The second-order valence-electron chi connectivity index (χ2n) is 6.83. The summed E-state index contributed by atoms with van der Waals surface area (Å²) in [6, 6.07) is 4.50. The lowest BCUT2D eigenvalue weighted by Gasteiger charge is -2.42. The van der Waals surface area contributed by atoms with Crippen molar-refractivity contribution < 1.29 is 9.53 Å². The summed E-state index contributed by atoms with van der Waals surface area (Å²) in [6.45, 7) is 6.62. The fraction of sp³-hybridized carbons (Fsp3) is 0.667. The van der Waals surface area contributed by atoms with Crippen LogP contribution in [0.15, 0.2) is 18.3 Å². The quantitative estimate of drug-likeness (QED) is 0.802. The Balaban J connectivity index is 1.53. The first-order valence-electron chi connectivity index (χ1n) is 8.70. The molecular weight excluding hydrogens is 290 g/mol. The summed E-state index contributed by atoms with van der Waals surface area (Å²) in [6.07, 6.45) is 7.07. The molecular formula is C18H27N3O2. The maximum Gasteiger partial charge on any atom is 0.339 e. The van der Waals surface area contributed by atoms with Crippen molar-refractivity contribution in [3.05, 3.63) is 23.9 Å². The number of carbonyl (C=O) groups excluding carboxylic acids is 1. The van der Waals surface area contributed by atoms with E-state index in [1.165, 1.54) is 32.8 Å². The maximum atomic E-state index is 11.5. The molecule has 1 aliphatic heterocycles. The smallest absolute Gasteiger partial charge is 0.339 e. The fourth-order valence-corrected chi connectivity index (χ4v) is 3.74. The van der Waals surface area contributed by atoms with Crippen LogP contribution >= 0.6 is 0 Å². The number of ether oxygens (including phenoxy) is 1. The van der Waals surface area contributed by atoms with Gasteiger partial charge in [-0.25, -0.2) is 9.78 Å². The second-order valence-corrected chi connectivity index (χ2v) is 6.83. The summed E-state index contributed by atoms with van der Waals surface area (Å²) < 4.78 is 4.71. The molecule has 0 atom stereocenters. The number of methoxy groups -OCH3 is 1. The van der Waals surface area contributed by atoms with Gasteiger partial charge in [-0.3, -0.25) is 4.90 Å². The van der Waals surface area contributed by atoms with E-state index in [1.807, 2.05) is 6.07 Å². The van der Waals surface area contributed by atoms with E-state index in [9.17, 15) is 4.79 Å². The molecule has 0 spiro atoms. The molecule has 0 bridgehead atoms. The lowest BCUT2D eigenvalue weighted by atomic mass is 9.86. The number of esters is 1. The van der Waals surface area contributed by atoms with E-state index in [1.54, 1.807) is 12.3 Å². The Hall–Kier alpha value is -1.62. The van der Waals surface area contributed by atoms with Gasteiger partial charge < -0.3 is 9.64 Å². The highest BCUT2D eigenvalue weighted by Gasteiger charge is 2.27. The van der Waals surface area contributed by atoms with E-state index in [4.69, 9.17) is 4.74 Å². The Kier molecular flexibility index (Phi) is 5.16. The van der Waals surface area contributed by atoms with Gasteiger partial charge in [-0.15, -0.1) is 0 Å². The summed E-state index contributed by atoms with van der Waals surface area (Å²) in [7, 11) is 1.39. The molecule has 1 saturated heterocycles. The van der Waals surface area contributed by atoms with Crippen LogP contribution in [0.4, 0.5) is 5.82 Å². The molecule has 1 aromatic heterocycles. The number of hydrogen-bond acceptors (Lipinski definition) is 5. The first-order chi connectivity index (χ1) is 11.2. The monoisotopic (exact) mass is 317 g/mol. The third-order valence-electron chi connectivity index (χ3n) is 5.31. The minimum absolute atomic E-state index is 0.333. The second kappa shape index (κ2) is 7.30. The lowest BCUT2D eigenvalue weighted by molar-refractivity contribution is 0.0600. The number of piperazine rings is 1. The van der Waals surface area contributed by atoms with Crippen molar-refractivity contribution in [2.24, 2.45) is 5.92 Å². The normalized spacial score (nSPS) is 26.1. The van der Waals surface area contributed by atoms with Crippen LogP contribution in [0, 0.1) is 5.92 Å². The molecule has 126 valence electrons. The minimum atomic E-state index is -0.333. The van der Waals surface area contributed by atoms with E-state index in [0.717, 1.165) is 44.0 Å². The van der Waals surface area contributed by atoms with Gasteiger partial charge in [-0.1, -0.05) is 6.92 Å². The Morgan fingerprint density at radius 3 is 2.39 bits per heavy atom. The van der Waals surface area contributed by atoms with Crippen LogP contribution in [-0.2, 0) is 4.74 Å². The molecule has 2 fully saturated rings. The van der Waals surface area contributed by atoms with Crippen LogP contribution in [-0.4, -0.2) is 55.2 Å². The highest BCUT2D eigenvalue weighted by atomic mass is 16.5. The third-order valence-corrected chi connectivity index (χ3v) is 5.31. The molecule has 1 aliphatic carbocycles. The average molecular weight is 317 g/mol. The molecule has 3 rings (SSSR count). The van der Waals surface area contributed by atoms with Crippen molar-refractivity contribution in [1.29, 1.82) is 0 Å². The molecule has 0 N–H and O–H groups in total. The van der Waals surface area contributed by atoms with E-state index >= 15 is 0 Å². The number of hydrogen-bond donors (Lipinski definition) is 0. The SMILES string of the molecule is COC(=O)c1ccc(N2CCN(C3CCC(C)CC3)CC2)nc1. The molecule has 2 heterocycles. The predicted octanol–water partition coefficient (Wildman–Crippen LogP) is 2.57. The molecule has 0 amide bonds. The number of carbonyl (C=O) groups is 1. The average Bonchev–Trinajstić information content (AvgIpc) is 2.62. The first-order valence-corrected chi connectivity index (χ1v) is 8.70. The lowest BCUT2D eigenvalue weighted by Crippen LogP contribution is -2.51. The first kappa shape index (κ1) is 16.2. The molecule has 0 unspecified atom stereocenters. The van der Waals surface area contributed by atoms with Gasteiger partial charge >= 0.3 is 5.97 Å². The number of anilines is 1. The Morgan fingerprint density at radius 1 is 1.13 bits per heavy atom. The van der Waals surface area contributed by atoms with Gasteiger partial charge in [0.05, 0.1) is 12.7 Å². The van der Waals surface area contributed by atoms with Gasteiger partial charge in [0, 0.05) is 38.4 Å². The molecule has 0 radical (unpaired) electrons. The van der Waals surface area contributed by atoms with Crippen LogP contribution in [0.5, 0.6) is 0 Å². The summed E-state index contributed by atoms with van der Waals surface area (Å²) in [5.41, 5.74) is 0.506. The molecule has 5 heteroatoms. The Morgan fingerprint density at radius 2 is 1.83 bits per heavy atom. The van der Waals surface area contributed by atoms with E-state index in [2.05, 4.69) is 21.7 Å². The number of pyridine rings is 1. The van der Waals surface area contributed by atoms with Gasteiger partial charge in [0.15, 0.2) is 0 Å². The predicted molar refractivity (Wildman–Crippen MR) is 90.8 cm³/mol. The standard InChI is InChI=1S/C18H27N3O2/c1-14-3-6-16(7-4-14)20-9-11-21(12-10-20)17-8-5-15(13-19-17)18(22)23-2/h5,8,13-14,16H,3-4,6-7,9-12H2,1-2H3. The number of nitrogens with zero attached hydrogens (tertiary/aromatic N) is 3. The van der Waals surface area contributed by atoms with Crippen molar-refractivity contribution >= 4 is 11.8 Å². The van der Waals surface area contributed by atoms with Crippen LogP contribution in [0.25, 0.3) is 0 Å². The van der Waals surface area contributed by atoms with Gasteiger partial charge in [-0.2, -0.15) is 0 Å². The highest BCUT2D eigenvalue weighted by molar-refractivity contribution is 5.89. The largest absolute Gasteiger partial charge is 0.465 e. The van der Waals surface area contributed by atoms with Gasteiger partial charge in [0.2, 0.25) is 0 Å². The Labute approximate surface area is 138 Å². The molecule has 5 nitrogen and oxygen atoms in total. The zero-order chi connectivity index (χ0) is 16.2. The summed E-state index contributed by atoms with van der Waals surface area (Å²) in [5, 5.41) is 0. The van der Waals surface area contributed by atoms with Crippen molar-refractivity contribution in [1.82, 2.24) is 9.88 Å². The van der Waals surface area contributed by atoms with E-state index < -0.39 is 0 Å². The minimum Gasteiger partial charge on any atom is -0.465 e. The zero-order valence-corrected chi connectivity index (χ0v) is 14.2. The van der Waals surface area contributed by atoms with Crippen LogP contribution in [0.1, 0.15) is 43.0 Å². The van der Waals surface area contributed by atoms with Crippen molar-refractivity contribution in [3.8, 4) is 0 Å². The van der Waals surface area contributed by atoms with Crippen LogP contribution < -0.4 is 4.90 Å². The van der Waals surface area contributed by atoms with Crippen LogP contribution in [0.3, 0.4) is 0 Å². The summed E-state index contributed by atoms with van der Waals surface area (Å²) in [4.78, 5) is 20.9. The highest BCUT2D eigenvalue weighted by Crippen LogP contribution is 2.28. The van der Waals surface area contributed by atoms with Crippen molar-refractivity contribution in [2.75, 3.05) is 38.2 Å². The summed E-state index contributed by atoms with van der Waals surface area (Å²) in [5.74, 6) is 1.53. The molecule has 23 heavy (non-hydrogen) atoms. The molecule has 0 aromatic carbocycles. The van der Waals surface area contributed by atoms with Crippen molar-refractivity contribution in [2.45, 2.75) is 38.6 Å². The van der Waals surface area contributed by atoms with Gasteiger partial charge in [-0.05, 0) is 43.7 Å². The molecule has 1 aromatic rings. The maximum absolute atomic E-state index is 11.5. The topological polar surface area (TPSA) is 45.7 Å². The molecule has 1 saturated carbocycles. The van der Waals surface area contributed by atoms with E-state index in [0.29, 0.717) is 5.56 Å². The van der Waals surface area contributed by atoms with Gasteiger partial charge in [0.25, 0.3) is 0 Å². The van der Waals surface area contributed by atoms with E-state index in [-0.39, 0.29) is 5.97 Å².